The largest absolute Gasteiger partial charge is 0.340 e. The Morgan fingerprint density at radius 2 is 2.16 bits per heavy atom. The van der Waals surface area contributed by atoms with E-state index in [4.69, 9.17) is 0 Å². The van der Waals surface area contributed by atoms with E-state index in [2.05, 4.69) is 5.32 Å². The molecule has 25 heavy (non-hydrogen) atoms. The molecule has 0 spiro atoms. The number of nitrogens with one attached hydrogen (secondary N) is 1. The number of piperazine rings is 1. The number of likely N-dealkylation sites (tertiary alicyclic amines) is 1. The summed E-state index contributed by atoms with van der Waals surface area (Å²) in [5, 5.41) is 3.08. The number of piperidine rings is 1. The van der Waals surface area contributed by atoms with Crippen LogP contribution in [0.1, 0.15) is 25.3 Å². The maximum Gasteiger partial charge on any atom is 0.236 e. The van der Waals surface area contributed by atoms with Gasteiger partial charge in [0.15, 0.2) is 0 Å². The van der Waals surface area contributed by atoms with Crippen LogP contribution in [-0.4, -0.2) is 60.4 Å². The van der Waals surface area contributed by atoms with Gasteiger partial charge in [-0.15, -0.1) is 0 Å². The molecule has 2 saturated heterocycles. The van der Waals surface area contributed by atoms with E-state index < -0.39 is 0 Å². The molecule has 0 aliphatic carbocycles. The highest BCUT2D eigenvalue weighted by Crippen LogP contribution is 2.21. The predicted molar refractivity (Wildman–Crippen MR) is 93.5 cm³/mol. The lowest BCUT2D eigenvalue weighted by Crippen LogP contribution is -2.58. The molecule has 0 radical (unpaired) electrons. The highest BCUT2D eigenvalue weighted by Gasteiger charge is 2.32. The first-order chi connectivity index (χ1) is 12.1. The summed E-state index contributed by atoms with van der Waals surface area (Å²) in [5.74, 6) is -0.361. The Hall–Kier alpha value is -1.95. The van der Waals surface area contributed by atoms with Crippen molar-refractivity contribution in [2.75, 3.05) is 32.7 Å². The molecule has 2 amide bonds. The quantitative estimate of drug-likeness (QED) is 0.896. The van der Waals surface area contributed by atoms with E-state index in [0.717, 1.165) is 25.9 Å². The van der Waals surface area contributed by atoms with E-state index in [0.29, 0.717) is 31.6 Å². The fourth-order valence-electron chi connectivity index (χ4n) is 3.81. The second-order valence-electron chi connectivity index (χ2n) is 7.04. The Morgan fingerprint density at radius 3 is 2.92 bits per heavy atom. The Labute approximate surface area is 148 Å². The van der Waals surface area contributed by atoms with Crippen molar-refractivity contribution in [3.8, 4) is 0 Å². The van der Waals surface area contributed by atoms with E-state index in [-0.39, 0.29) is 29.6 Å². The van der Waals surface area contributed by atoms with Crippen LogP contribution in [0.4, 0.5) is 4.39 Å². The van der Waals surface area contributed by atoms with E-state index in [1.807, 2.05) is 16.7 Å². The molecule has 2 aliphatic rings. The van der Waals surface area contributed by atoms with E-state index in [1.54, 1.807) is 18.2 Å². The maximum atomic E-state index is 13.8. The van der Waals surface area contributed by atoms with Crippen LogP contribution in [0.2, 0.25) is 0 Å². The first-order valence-corrected chi connectivity index (χ1v) is 9.08. The third kappa shape index (κ3) is 4.18. The third-order valence-electron chi connectivity index (χ3n) is 5.18. The van der Waals surface area contributed by atoms with E-state index in [9.17, 15) is 14.0 Å². The fourth-order valence-corrected chi connectivity index (χ4v) is 3.81. The molecule has 0 bridgehead atoms. The Balaban J connectivity index is 1.61. The van der Waals surface area contributed by atoms with Crippen molar-refractivity contribution < 1.29 is 14.0 Å². The van der Waals surface area contributed by atoms with Crippen molar-refractivity contribution in [3.05, 3.63) is 35.6 Å². The summed E-state index contributed by atoms with van der Waals surface area (Å²) in [6, 6.07) is 6.72. The van der Waals surface area contributed by atoms with Crippen molar-refractivity contribution >= 4 is 11.8 Å². The van der Waals surface area contributed by atoms with Crippen LogP contribution in [0.25, 0.3) is 0 Å². The van der Waals surface area contributed by atoms with Crippen molar-refractivity contribution in [1.29, 1.82) is 0 Å². The van der Waals surface area contributed by atoms with Gasteiger partial charge in [0.1, 0.15) is 5.82 Å². The number of amides is 2. The summed E-state index contributed by atoms with van der Waals surface area (Å²) >= 11 is 0. The van der Waals surface area contributed by atoms with Gasteiger partial charge in [-0.3, -0.25) is 9.59 Å². The molecule has 2 heterocycles. The smallest absolute Gasteiger partial charge is 0.236 e. The summed E-state index contributed by atoms with van der Waals surface area (Å²) in [4.78, 5) is 28.7. The molecule has 6 heteroatoms. The first-order valence-electron chi connectivity index (χ1n) is 9.08. The van der Waals surface area contributed by atoms with Gasteiger partial charge in [-0.1, -0.05) is 25.1 Å². The highest BCUT2D eigenvalue weighted by molar-refractivity contribution is 5.80. The van der Waals surface area contributed by atoms with Crippen LogP contribution < -0.4 is 5.32 Å². The van der Waals surface area contributed by atoms with E-state index in [1.165, 1.54) is 6.07 Å². The minimum atomic E-state index is -0.269. The van der Waals surface area contributed by atoms with Crippen molar-refractivity contribution in [2.45, 2.75) is 32.2 Å². The molecule has 5 nitrogen and oxygen atoms in total. The summed E-state index contributed by atoms with van der Waals surface area (Å²) in [7, 11) is 0. The van der Waals surface area contributed by atoms with Gasteiger partial charge in [-0.2, -0.15) is 0 Å². The van der Waals surface area contributed by atoms with Crippen LogP contribution in [-0.2, 0) is 16.0 Å². The molecule has 2 unspecified atom stereocenters. The highest BCUT2D eigenvalue weighted by atomic mass is 19.1. The second kappa shape index (κ2) is 7.95. The Morgan fingerprint density at radius 1 is 1.36 bits per heavy atom. The lowest BCUT2D eigenvalue weighted by molar-refractivity contribution is -0.142. The van der Waals surface area contributed by atoms with Gasteiger partial charge in [0, 0.05) is 38.1 Å². The van der Waals surface area contributed by atoms with Crippen LogP contribution >= 0.6 is 0 Å². The average molecular weight is 347 g/mol. The number of rotatable bonds is 4. The maximum absolute atomic E-state index is 13.8. The van der Waals surface area contributed by atoms with Gasteiger partial charge < -0.3 is 15.1 Å². The van der Waals surface area contributed by atoms with Crippen LogP contribution in [0.15, 0.2) is 24.3 Å². The lowest BCUT2D eigenvalue weighted by atomic mass is 9.96. The van der Waals surface area contributed by atoms with Gasteiger partial charge in [-0.05, 0) is 30.9 Å². The predicted octanol–water partition coefficient (Wildman–Crippen LogP) is 1.43. The molecule has 0 aromatic heterocycles. The molecule has 2 fully saturated rings. The third-order valence-corrected chi connectivity index (χ3v) is 5.18. The zero-order valence-corrected chi connectivity index (χ0v) is 14.7. The first kappa shape index (κ1) is 17.9. The zero-order valence-electron chi connectivity index (χ0n) is 14.7. The molecule has 1 aromatic rings. The SMILES string of the molecule is CC(Cc1ccccc1F)C(=O)N1CCCC(N2CCNCC2=O)C1. The van der Waals surface area contributed by atoms with Gasteiger partial charge in [0.2, 0.25) is 11.8 Å². The number of hydrogen-bond acceptors (Lipinski definition) is 3. The zero-order chi connectivity index (χ0) is 17.8. The van der Waals surface area contributed by atoms with Crippen LogP contribution in [0.5, 0.6) is 0 Å². The summed E-state index contributed by atoms with van der Waals surface area (Å²) in [6.07, 6.45) is 2.25. The molecular weight excluding hydrogens is 321 g/mol. The van der Waals surface area contributed by atoms with Crippen molar-refractivity contribution in [3.63, 3.8) is 0 Å². The van der Waals surface area contributed by atoms with Gasteiger partial charge in [0.05, 0.1) is 6.54 Å². The van der Waals surface area contributed by atoms with Gasteiger partial charge >= 0.3 is 0 Å². The van der Waals surface area contributed by atoms with Crippen LogP contribution in [0.3, 0.4) is 0 Å². The fraction of sp³-hybridized carbons (Fsp3) is 0.579. The second-order valence-corrected chi connectivity index (χ2v) is 7.04. The molecule has 3 rings (SSSR count). The molecular formula is C19H26FN3O2. The number of carbonyl (C=O) groups excluding carboxylic acids is 2. The monoisotopic (exact) mass is 347 g/mol. The molecule has 0 saturated carbocycles. The minimum Gasteiger partial charge on any atom is -0.340 e. The standard InChI is InChI=1S/C19H26FN3O2/c1-14(11-15-5-2-3-7-17(15)20)19(25)22-9-4-6-16(13-22)23-10-8-21-12-18(23)24/h2-3,5,7,14,16,21H,4,6,8-13H2,1H3. The summed E-state index contributed by atoms with van der Waals surface area (Å²) in [5.41, 5.74) is 0.578. The molecule has 136 valence electrons. The summed E-state index contributed by atoms with van der Waals surface area (Å²) < 4.78 is 13.8. The number of hydrogen-bond donors (Lipinski definition) is 1. The molecule has 2 aliphatic heterocycles. The number of halogens is 1. The van der Waals surface area contributed by atoms with Gasteiger partial charge in [-0.25, -0.2) is 4.39 Å². The molecule has 2 atom stereocenters. The van der Waals surface area contributed by atoms with Crippen LogP contribution in [0, 0.1) is 11.7 Å². The molecule has 1 N–H and O–H groups in total. The number of nitrogens with zero attached hydrogens (tertiary/aromatic N) is 2. The van der Waals surface area contributed by atoms with Gasteiger partial charge in [0.25, 0.3) is 0 Å². The minimum absolute atomic E-state index is 0.0514. The number of benzene rings is 1. The Bertz CT molecular complexity index is 637. The Kier molecular flexibility index (Phi) is 5.68. The lowest BCUT2D eigenvalue weighted by Gasteiger charge is -2.41. The number of carbonyl (C=O) groups is 2. The van der Waals surface area contributed by atoms with Crippen molar-refractivity contribution in [1.82, 2.24) is 15.1 Å². The topological polar surface area (TPSA) is 52.7 Å². The normalized spacial score (nSPS) is 22.8. The summed E-state index contributed by atoms with van der Waals surface area (Å²) in [6.45, 7) is 5.06. The van der Waals surface area contributed by atoms with Crippen molar-refractivity contribution in [2.24, 2.45) is 5.92 Å². The molecule has 1 aromatic carbocycles. The average Bonchev–Trinajstić information content (AvgIpc) is 2.63. The van der Waals surface area contributed by atoms with E-state index >= 15 is 0 Å².